The topological polar surface area (TPSA) is 112 Å². The fourth-order valence-corrected chi connectivity index (χ4v) is 7.03. The molecule has 3 atom stereocenters. The number of hydrogen-bond acceptors (Lipinski definition) is 6. The third kappa shape index (κ3) is 5.26. The molecule has 12 heteroatoms. The normalized spacial score (nSPS) is 20.4. The van der Waals surface area contributed by atoms with Crippen molar-refractivity contribution in [2.75, 3.05) is 30.4 Å². The number of carbonyl (C=O) groups excluding carboxylic acids is 2. The average Bonchev–Trinajstić information content (AvgIpc) is 3.52. The molecule has 0 saturated carbocycles. The largest absolute Gasteiger partial charge is 0.494 e. The second kappa shape index (κ2) is 12.4. The van der Waals surface area contributed by atoms with Crippen LogP contribution in [0.4, 0.5) is 15.9 Å². The highest BCUT2D eigenvalue weighted by atomic mass is 35.5. The number of likely N-dealkylation sites (tertiary alicyclic amines) is 1. The van der Waals surface area contributed by atoms with E-state index in [4.69, 9.17) is 27.9 Å². The van der Waals surface area contributed by atoms with Crippen LogP contribution in [-0.4, -0.2) is 53.0 Å². The number of hydrogen-bond donors (Lipinski definition) is 2. The Morgan fingerprint density at radius 3 is 2.57 bits per heavy atom. The van der Waals surface area contributed by atoms with E-state index >= 15 is 4.39 Å². The van der Waals surface area contributed by atoms with E-state index < -0.39 is 41.0 Å². The smallest absolute Gasteiger partial charge is 0.335 e. The molecular weight excluding hydrogens is 634 g/mol. The first-order valence-corrected chi connectivity index (χ1v) is 15.3. The summed E-state index contributed by atoms with van der Waals surface area (Å²) in [5.74, 6) is -3.86. The van der Waals surface area contributed by atoms with E-state index in [0.717, 1.165) is 5.56 Å². The SMILES string of the molecule is CCOc1cccc(CN2CC(C(=O)N(C)c3ccc(C(=O)O)cc3)[C@H](c3cccc(Cl)c3F)[C@]23C(=O)Nc2nc(Cl)ccc23)c1. The molecule has 2 amide bonds. The zero-order chi connectivity index (χ0) is 32.7. The third-order valence-corrected chi connectivity index (χ3v) is 9.17. The maximum Gasteiger partial charge on any atom is 0.335 e. The monoisotopic (exact) mass is 662 g/mol. The molecule has 1 saturated heterocycles. The van der Waals surface area contributed by atoms with Crippen molar-refractivity contribution in [3.63, 3.8) is 0 Å². The molecule has 1 aromatic heterocycles. The molecular formula is C34H29Cl2FN4O5. The summed E-state index contributed by atoms with van der Waals surface area (Å²) in [5.41, 5.74) is 0.273. The van der Waals surface area contributed by atoms with Crippen molar-refractivity contribution in [3.05, 3.63) is 117 Å². The van der Waals surface area contributed by atoms with E-state index in [1.165, 1.54) is 35.2 Å². The van der Waals surface area contributed by atoms with E-state index in [1.54, 1.807) is 31.3 Å². The summed E-state index contributed by atoms with van der Waals surface area (Å²) in [6.45, 7) is 2.61. The molecule has 9 nitrogen and oxygen atoms in total. The van der Waals surface area contributed by atoms with Crippen molar-refractivity contribution in [1.29, 1.82) is 0 Å². The van der Waals surface area contributed by atoms with Gasteiger partial charge in [0.05, 0.1) is 23.1 Å². The Morgan fingerprint density at radius 2 is 1.85 bits per heavy atom. The Labute approximate surface area is 274 Å². The van der Waals surface area contributed by atoms with Gasteiger partial charge in [0.1, 0.15) is 28.1 Å². The van der Waals surface area contributed by atoms with E-state index in [2.05, 4.69) is 10.3 Å². The molecule has 1 unspecified atom stereocenters. The van der Waals surface area contributed by atoms with Gasteiger partial charge in [-0.05, 0) is 72.6 Å². The van der Waals surface area contributed by atoms with Gasteiger partial charge in [0.25, 0.3) is 5.91 Å². The molecule has 0 radical (unpaired) electrons. The van der Waals surface area contributed by atoms with Gasteiger partial charge >= 0.3 is 5.97 Å². The van der Waals surface area contributed by atoms with Gasteiger partial charge in [-0.25, -0.2) is 14.2 Å². The number of pyridine rings is 1. The highest BCUT2D eigenvalue weighted by molar-refractivity contribution is 6.31. The van der Waals surface area contributed by atoms with Crippen LogP contribution >= 0.6 is 23.2 Å². The fourth-order valence-electron chi connectivity index (χ4n) is 6.70. The zero-order valence-electron chi connectivity index (χ0n) is 24.8. The number of anilines is 2. The summed E-state index contributed by atoms with van der Waals surface area (Å²) in [6, 6.07) is 21.1. The van der Waals surface area contributed by atoms with Crippen LogP contribution < -0.4 is 15.0 Å². The molecule has 3 aromatic carbocycles. The fraction of sp³-hybridized carbons (Fsp3) is 0.235. The lowest BCUT2D eigenvalue weighted by atomic mass is 9.71. The zero-order valence-corrected chi connectivity index (χ0v) is 26.3. The molecule has 236 valence electrons. The number of fused-ring (bicyclic) bond motifs is 2. The summed E-state index contributed by atoms with van der Waals surface area (Å²) < 4.78 is 21.8. The molecule has 2 aliphatic rings. The van der Waals surface area contributed by atoms with Gasteiger partial charge in [0, 0.05) is 37.3 Å². The quantitative estimate of drug-likeness (QED) is 0.211. The molecule has 1 spiro atoms. The van der Waals surface area contributed by atoms with Crippen LogP contribution in [0.2, 0.25) is 10.2 Å². The number of nitrogens with zero attached hydrogens (tertiary/aromatic N) is 3. The predicted octanol–water partition coefficient (Wildman–Crippen LogP) is 6.35. The molecule has 4 aromatic rings. The molecule has 2 N–H and O–H groups in total. The van der Waals surface area contributed by atoms with Crippen LogP contribution in [0.15, 0.2) is 78.9 Å². The minimum atomic E-state index is -1.59. The van der Waals surface area contributed by atoms with Crippen molar-refractivity contribution in [2.45, 2.75) is 24.9 Å². The summed E-state index contributed by atoms with van der Waals surface area (Å²) in [6.07, 6.45) is 0. The highest BCUT2D eigenvalue weighted by Crippen LogP contribution is 2.58. The first kappa shape index (κ1) is 31.5. The number of carbonyl (C=O) groups is 3. The molecule has 6 rings (SSSR count). The number of aromatic nitrogens is 1. The second-order valence-electron chi connectivity index (χ2n) is 11.2. The number of aromatic carboxylic acids is 1. The number of amides is 2. The Morgan fingerprint density at radius 1 is 1.11 bits per heavy atom. The number of halogens is 3. The third-order valence-electron chi connectivity index (χ3n) is 8.67. The van der Waals surface area contributed by atoms with E-state index in [0.29, 0.717) is 23.6 Å². The average molecular weight is 664 g/mol. The summed E-state index contributed by atoms with van der Waals surface area (Å²) in [5, 5.41) is 12.2. The Bertz CT molecular complexity index is 1860. The summed E-state index contributed by atoms with van der Waals surface area (Å²) >= 11 is 12.5. The Kier molecular flexibility index (Phi) is 8.45. The van der Waals surface area contributed by atoms with Crippen LogP contribution in [0.3, 0.4) is 0 Å². The number of rotatable bonds is 8. The minimum Gasteiger partial charge on any atom is -0.494 e. The number of carboxylic acid groups (broad SMARTS) is 1. The predicted molar refractivity (Wildman–Crippen MR) is 172 cm³/mol. The van der Waals surface area contributed by atoms with E-state index in [1.807, 2.05) is 36.1 Å². The lowest BCUT2D eigenvalue weighted by Gasteiger charge is -2.38. The first-order chi connectivity index (χ1) is 22.1. The van der Waals surface area contributed by atoms with Crippen molar-refractivity contribution in [3.8, 4) is 5.75 Å². The van der Waals surface area contributed by atoms with Gasteiger partial charge in [-0.1, -0.05) is 47.5 Å². The second-order valence-corrected chi connectivity index (χ2v) is 12.0. The van der Waals surface area contributed by atoms with Gasteiger partial charge in [-0.15, -0.1) is 0 Å². The van der Waals surface area contributed by atoms with Crippen LogP contribution in [0.5, 0.6) is 5.75 Å². The Balaban J connectivity index is 1.54. The van der Waals surface area contributed by atoms with Gasteiger partial charge in [-0.2, -0.15) is 0 Å². The molecule has 1 fully saturated rings. The van der Waals surface area contributed by atoms with Crippen LogP contribution in [0, 0.1) is 11.7 Å². The minimum absolute atomic E-state index is 0.0569. The number of carboxylic acids is 1. The van der Waals surface area contributed by atoms with Crippen molar-refractivity contribution < 1.29 is 28.6 Å². The maximum absolute atomic E-state index is 16.1. The van der Waals surface area contributed by atoms with Gasteiger partial charge in [-0.3, -0.25) is 14.5 Å². The standard InChI is InChI=1S/C34H29Cl2FN4O5/c1-3-46-22-7-4-6-19(16-22)17-41-18-24(31(42)40(2)21-12-10-20(11-13-21)32(43)44)28(23-8-5-9-26(35)29(23)37)34(41)25-14-15-27(36)38-30(25)39-33(34)45/h4-16,24,28H,3,17-18H2,1-2H3,(H,43,44)(H,38,39,45)/t24?,28-,34+/m0/s1. The Hall–Kier alpha value is -4.51. The lowest BCUT2D eigenvalue weighted by molar-refractivity contribution is -0.127. The van der Waals surface area contributed by atoms with Crippen LogP contribution in [0.1, 0.15) is 39.9 Å². The molecule has 46 heavy (non-hydrogen) atoms. The van der Waals surface area contributed by atoms with E-state index in [-0.39, 0.29) is 40.2 Å². The van der Waals surface area contributed by atoms with Gasteiger partial charge in [0.15, 0.2) is 0 Å². The van der Waals surface area contributed by atoms with Crippen molar-refractivity contribution in [1.82, 2.24) is 9.88 Å². The lowest BCUT2D eigenvalue weighted by Crippen LogP contribution is -2.50. The molecule has 2 aliphatic heterocycles. The van der Waals surface area contributed by atoms with E-state index in [9.17, 15) is 19.5 Å². The van der Waals surface area contributed by atoms with Gasteiger partial charge < -0.3 is 20.1 Å². The highest BCUT2D eigenvalue weighted by Gasteiger charge is 2.65. The first-order valence-electron chi connectivity index (χ1n) is 14.6. The number of ether oxygens (including phenoxy) is 1. The number of nitrogens with one attached hydrogen (secondary N) is 1. The van der Waals surface area contributed by atoms with Crippen molar-refractivity contribution >= 4 is 52.5 Å². The van der Waals surface area contributed by atoms with Gasteiger partial charge in [0.2, 0.25) is 5.91 Å². The molecule has 0 bridgehead atoms. The molecule has 0 aliphatic carbocycles. The number of benzene rings is 3. The molecule has 3 heterocycles. The van der Waals surface area contributed by atoms with Crippen LogP contribution in [-0.2, 0) is 21.7 Å². The van der Waals surface area contributed by atoms with Crippen LogP contribution in [0.25, 0.3) is 0 Å². The maximum atomic E-state index is 16.1. The summed E-state index contributed by atoms with van der Waals surface area (Å²) in [4.78, 5) is 48.0. The summed E-state index contributed by atoms with van der Waals surface area (Å²) in [7, 11) is 1.56. The van der Waals surface area contributed by atoms with Crippen molar-refractivity contribution in [2.24, 2.45) is 5.92 Å².